The van der Waals surface area contributed by atoms with E-state index in [9.17, 15) is 9.59 Å². The van der Waals surface area contributed by atoms with Crippen molar-refractivity contribution in [3.8, 4) is 5.75 Å². The Morgan fingerprint density at radius 2 is 2.04 bits per heavy atom. The summed E-state index contributed by atoms with van der Waals surface area (Å²) in [6.45, 7) is 0.742. The summed E-state index contributed by atoms with van der Waals surface area (Å²) in [6.07, 6.45) is 3.66. The first-order valence-electron chi connectivity index (χ1n) is 7.88. The Bertz CT molecular complexity index is 532. The zero-order valence-electron chi connectivity index (χ0n) is 13.4. The largest absolute Gasteiger partial charge is 0.497 e. The number of carbonyl (C=O) groups is 2. The van der Waals surface area contributed by atoms with Gasteiger partial charge < -0.3 is 14.7 Å². The van der Waals surface area contributed by atoms with Gasteiger partial charge in [-0.1, -0.05) is 0 Å². The molecule has 0 radical (unpaired) electrons. The highest BCUT2D eigenvalue weighted by Gasteiger charge is 2.26. The maximum atomic E-state index is 12.5. The predicted octanol–water partition coefficient (Wildman–Crippen LogP) is 3.03. The lowest BCUT2D eigenvalue weighted by Crippen LogP contribution is -2.44. The number of thioether (sulfide) groups is 1. The van der Waals surface area contributed by atoms with Crippen LogP contribution in [0.1, 0.15) is 32.1 Å². The van der Waals surface area contributed by atoms with Crippen molar-refractivity contribution in [3.05, 3.63) is 24.3 Å². The Morgan fingerprint density at radius 1 is 1.30 bits per heavy atom. The molecule has 1 fully saturated rings. The average Bonchev–Trinajstić information content (AvgIpc) is 2.58. The van der Waals surface area contributed by atoms with Gasteiger partial charge in [0.25, 0.3) is 0 Å². The Balaban J connectivity index is 1.87. The molecule has 1 aromatic rings. The number of methoxy groups -OCH3 is 1. The number of carboxylic acids is 1. The zero-order valence-corrected chi connectivity index (χ0v) is 14.2. The number of carboxylic acid groups (broad SMARTS) is 1. The third-order valence-electron chi connectivity index (χ3n) is 4.06. The van der Waals surface area contributed by atoms with Crippen LogP contribution in [0, 0.1) is 0 Å². The van der Waals surface area contributed by atoms with Crippen LogP contribution in [0.4, 0.5) is 0 Å². The first-order valence-corrected chi connectivity index (χ1v) is 8.87. The molecule has 1 unspecified atom stereocenters. The van der Waals surface area contributed by atoms with Crippen molar-refractivity contribution in [1.29, 1.82) is 0 Å². The monoisotopic (exact) mass is 337 g/mol. The van der Waals surface area contributed by atoms with Crippen LogP contribution in [0.15, 0.2) is 29.2 Å². The van der Waals surface area contributed by atoms with E-state index in [2.05, 4.69) is 0 Å². The summed E-state index contributed by atoms with van der Waals surface area (Å²) in [7, 11) is 1.62. The summed E-state index contributed by atoms with van der Waals surface area (Å²) in [5, 5.41) is 8.85. The topological polar surface area (TPSA) is 66.8 Å². The average molecular weight is 337 g/mol. The van der Waals surface area contributed by atoms with Gasteiger partial charge in [-0.3, -0.25) is 9.59 Å². The SMILES string of the molecule is COc1ccc(SCC(=O)N2CCCCC2CCC(=O)O)cc1. The molecule has 1 N–H and O–H groups in total. The van der Waals surface area contributed by atoms with Crippen molar-refractivity contribution in [2.45, 2.75) is 43.0 Å². The second kappa shape index (κ2) is 8.82. The number of aliphatic carboxylic acids is 1. The van der Waals surface area contributed by atoms with Gasteiger partial charge in [-0.05, 0) is 49.9 Å². The maximum absolute atomic E-state index is 12.5. The molecular formula is C17H23NO4S. The van der Waals surface area contributed by atoms with Gasteiger partial charge in [0.15, 0.2) is 0 Å². The number of benzene rings is 1. The fraction of sp³-hybridized carbons (Fsp3) is 0.529. The molecule has 0 aliphatic carbocycles. The molecule has 0 spiro atoms. The summed E-state index contributed by atoms with van der Waals surface area (Å²) in [6, 6.07) is 7.71. The van der Waals surface area contributed by atoms with E-state index in [1.54, 1.807) is 7.11 Å². The number of hydrogen-bond donors (Lipinski definition) is 1. The second-order valence-corrected chi connectivity index (χ2v) is 6.68. The first-order chi connectivity index (χ1) is 11.1. The number of hydrogen-bond acceptors (Lipinski definition) is 4. The van der Waals surface area contributed by atoms with E-state index in [0.29, 0.717) is 12.2 Å². The van der Waals surface area contributed by atoms with Gasteiger partial charge >= 0.3 is 5.97 Å². The fourth-order valence-corrected chi connectivity index (χ4v) is 3.60. The van der Waals surface area contributed by atoms with Gasteiger partial charge in [0.05, 0.1) is 12.9 Å². The Hall–Kier alpha value is -1.69. The van der Waals surface area contributed by atoms with Crippen LogP contribution in [0.5, 0.6) is 5.75 Å². The minimum absolute atomic E-state index is 0.0730. The number of rotatable bonds is 7. The van der Waals surface area contributed by atoms with Gasteiger partial charge in [-0.25, -0.2) is 0 Å². The van der Waals surface area contributed by atoms with Crippen LogP contribution in [-0.2, 0) is 9.59 Å². The number of amides is 1. The van der Waals surface area contributed by atoms with Gasteiger partial charge in [0.2, 0.25) is 5.91 Å². The normalized spacial score (nSPS) is 17.8. The van der Waals surface area contributed by atoms with Crippen molar-refractivity contribution in [1.82, 2.24) is 4.90 Å². The van der Waals surface area contributed by atoms with E-state index < -0.39 is 5.97 Å². The summed E-state index contributed by atoms with van der Waals surface area (Å²) in [5.74, 6) is 0.484. The molecular weight excluding hydrogens is 314 g/mol. The van der Waals surface area contributed by atoms with Gasteiger partial charge in [0, 0.05) is 23.9 Å². The molecule has 1 aliphatic heterocycles. The first kappa shape index (κ1) is 17.7. The van der Waals surface area contributed by atoms with Crippen molar-refractivity contribution >= 4 is 23.6 Å². The van der Waals surface area contributed by atoms with Crippen molar-refractivity contribution < 1.29 is 19.4 Å². The summed E-state index contributed by atoms with van der Waals surface area (Å²) >= 11 is 1.50. The number of piperidine rings is 1. The molecule has 5 nitrogen and oxygen atoms in total. The smallest absolute Gasteiger partial charge is 0.303 e. The van der Waals surface area contributed by atoms with Crippen LogP contribution < -0.4 is 4.74 Å². The molecule has 0 bridgehead atoms. The molecule has 0 aromatic heterocycles. The summed E-state index contributed by atoms with van der Waals surface area (Å²) in [4.78, 5) is 26.2. The molecule has 1 heterocycles. The lowest BCUT2D eigenvalue weighted by atomic mass is 9.98. The highest BCUT2D eigenvalue weighted by molar-refractivity contribution is 8.00. The minimum Gasteiger partial charge on any atom is -0.497 e. The molecule has 1 aromatic carbocycles. The van der Waals surface area contributed by atoms with E-state index in [-0.39, 0.29) is 18.4 Å². The third kappa shape index (κ3) is 5.46. The molecule has 6 heteroatoms. The lowest BCUT2D eigenvalue weighted by molar-refractivity contribution is -0.139. The molecule has 1 saturated heterocycles. The van der Waals surface area contributed by atoms with E-state index in [4.69, 9.17) is 9.84 Å². The zero-order chi connectivity index (χ0) is 16.7. The standard InChI is InChI=1S/C17H23NO4S/c1-22-14-6-8-15(9-7-14)23-12-16(19)18-11-3-2-4-13(18)5-10-17(20)21/h6-9,13H,2-5,10-12H2,1H3,(H,20,21). The van der Waals surface area contributed by atoms with Gasteiger partial charge in [0.1, 0.15) is 5.75 Å². The highest BCUT2D eigenvalue weighted by Crippen LogP contribution is 2.25. The van der Waals surface area contributed by atoms with Crippen LogP contribution >= 0.6 is 11.8 Å². The number of nitrogens with zero attached hydrogens (tertiary/aromatic N) is 1. The lowest BCUT2D eigenvalue weighted by Gasteiger charge is -2.35. The number of ether oxygens (including phenoxy) is 1. The quantitative estimate of drug-likeness (QED) is 0.775. The van der Waals surface area contributed by atoms with Crippen LogP contribution in [0.3, 0.4) is 0 Å². The van der Waals surface area contributed by atoms with E-state index in [0.717, 1.165) is 36.5 Å². The Morgan fingerprint density at radius 3 is 2.70 bits per heavy atom. The maximum Gasteiger partial charge on any atom is 0.303 e. The van der Waals surface area contributed by atoms with Crippen LogP contribution in [0.25, 0.3) is 0 Å². The summed E-state index contributed by atoms with van der Waals surface area (Å²) in [5.41, 5.74) is 0. The van der Waals surface area contributed by atoms with Crippen LogP contribution in [-0.4, -0.2) is 47.3 Å². The molecule has 0 saturated carbocycles. The van der Waals surface area contributed by atoms with Crippen LogP contribution in [0.2, 0.25) is 0 Å². The van der Waals surface area contributed by atoms with Crippen molar-refractivity contribution in [2.24, 2.45) is 0 Å². The molecule has 1 aliphatic rings. The minimum atomic E-state index is -0.796. The van der Waals surface area contributed by atoms with Gasteiger partial charge in [-0.15, -0.1) is 11.8 Å². The Labute approximate surface area is 141 Å². The Kier molecular flexibility index (Phi) is 6.77. The van der Waals surface area contributed by atoms with E-state index >= 15 is 0 Å². The van der Waals surface area contributed by atoms with Crippen molar-refractivity contribution in [3.63, 3.8) is 0 Å². The number of likely N-dealkylation sites (tertiary alicyclic amines) is 1. The fourth-order valence-electron chi connectivity index (χ4n) is 2.82. The predicted molar refractivity (Wildman–Crippen MR) is 89.9 cm³/mol. The molecule has 1 amide bonds. The van der Waals surface area contributed by atoms with E-state index in [1.807, 2.05) is 29.2 Å². The second-order valence-electron chi connectivity index (χ2n) is 5.63. The van der Waals surface area contributed by atoms with E-state index in [1.165, 1.54) is 11.8 Å². The molecule has 126 valence electrons. The third-order valence-corrected chi connectivity index (χ3v) is 5.06. The number of carbonyl (C=O) groups excluding carboxylic acids is 1. The molecule has 2 rings (SSSR count). The van der Waals surface area contributed by atoms with Crippen molar-refractivity contribution in [2.75, 3.05) is 19.4 Å². The summed E-state index contributed by atoms with van der Waals surface area (Å²) < 4.78 is 5.12. The molecule has 1 atom stereocenters. The van der Waals surface area contributed by atoms with Gasteiger partial charge in [-0.2, -0.15) is 0 Å². The molecule has 23 heavy (non-hydrogen) atoms. The highest BCUT2D eigenvalue weighted by atomic mass is 32.2.